The molecule has 0 saturated carbocycles. The van der Waals surface area contributed by atoms with Gasteiger partial charge in [0.2, 0.25) is 0 Å². The summed E-state index contributed by atoms with van der Waals surface area (Å²) in [6, 6.07) is 2.18. The quantitative estimate of drug-likeness (QED) is 0.842. The van der Waals surface area contributed by atoms with Crippen LogP contribution in [0.1, 0.15) is 43.4 Å². The van der Waals surface area contributed by atoms with Gasteiger partial charge >= 0.3 is 0 Å². The van der Waals surface area contributed by atoms with Crippen molar-refractivity contribution in [3.63, 3.8) is 0 Å². The van der Waals surface area contributed by atoms with E-state index < -0.39 is 0 Å². The lowest BCUT2D eigenvalue weighted by Crippen LogP contribution is -2.12. The Bertz CT molecular complexity index is 553. The first kappa shape index (κ1) is 14.8. The summed E-state index contributed by atoms with van der Waals surface area (Å²) in [5, 5.41) is 12.5. The van der Waals surface area contributed by atoms with Gasteiger partial charge in [-0.25, -0.2) is 0 Å². The second-order valence-corrected chi connectivity index (χ2v) is 5.01. The molecule has 0 amide bonds. The van der Waals surface area contributed by atoms with Crippen LogP contribution in [0.15, 0.2) is 12.3 Å². The second kappa shape index (κ2) is 6.70. The molecule has 0 aliphatic rings. The molecular weight excluding hydrogens is 250 g/mol. The zero-order chi connectivity index (χ0) is 14.5. The lowest BCUT2D eigenvalue weighted by molar-refractivity contribution is 0.572. The molecule has 0 bridgehead atoms. The fraction of sp³-hybridized carbons (Fsp3) is 0.600. The highest BCUT2D eigenvalue weighted by Crippen LogP contribution is 2.10. The van der Waals surface area contributed by atoms with Gasteiger partial charge in [0.25, 0.3) is 0 Å². The van der Waals surface area contributed by atoms with E-state index in [1.165, 1.54) is 11.3 Å². The third-order valence-corrected chi connectivity index (χ3v) is 3.51. The highest BCUT2D eigenvalue weighted by atomic mass is 15.3. The largest absolute Gasteiger partial charge is 0.313 e. The average Bonchev–Trinajstić information content (AvgIpc) is 3.00. The summed E-state index contributed by atoms with van der Waals surface area (Å²) in [6.45, 7) is 12.0. The molecule has 0 spiro atoms. The van der Waals surface area contributed by atoms with Gasteiger partial charge in [-0.1, -0.05) is 13.8 Å². The van der Waals surface area contributed by atoms with E-state index in [0.29, 0.717) is 0 Å². The van der Waals surface area contributed by atoms with Gasteiger partial charge in [-0.15, -0.1) is 0 Å². The van der Waals surface area contributed by atoms with Crippen molar-refractivity contribution in [3.8, 4) is 0 Å². The maximum absolute atomic E-state index is 4.60. The van der Waals surface area contributed by atoms with E-state index in [1.54, 1.807) is 0 Å². The number of aryl methyl sites for hydroxylation is 3. The molecule has 0 saturated heterocycles. The Morgan fingerprint density at radius 2 is 2.00 bits per heavy atom. The van der Waals surface area contributed by atoms with Crippen LogP contribution < -0.4 is 5.32 Å². The van der Waals surface area contributed by atoms with E-state index in [0.717, 1.165) is 44.0 Å². The number of hydrogen-bond acceptors (Lipinski definition) is 3. The van der Waals surface area contributed by atoms with Gasteiger partial charge in [0.1, 0.15) is 0 Å². The monoisotopic (exact) mass is 275 g/mol. The third-order valence-electron chi connectivity index (χ3n) is 3.51. The topological polar surface area (TPSA) is 47.7 Å². The van der Waals surface area contributed by atoms with Crippen molar-refractivity contribution in [2.45, 2.75) is 53.8 Å². The number of hydrogen-bond donors (Lipinski definition) is 1. The molecule has 0 aliphatic heterocycles. The zero-order valence-corrected chi connectivity index (χ0v) is 13.0. The minimum atomic E-state index is 0.786. The van der Waals surface area contributed by atoms with Crippen LogP contribution >= 0.6 is 0 Å². The first-order valence-corrected chi connectivity index (χ1v) is 7.47. The smallest absolute Gasteiger partial charge is 0.0828 e. The summed E-state index contributed by atoms with van der Waals surface area (Å²) in [5.74, 6) is 0. The predicted molar refractivity (Wildman–Crippen MR) is 80.7 cm³/mol. The molecule has 0 radical (unpaired) electrons. The number of aromatic nitrogens is 4. The Hall–Kier alpha value is -1.62. The molecule has 0 unspecified atom stereocenters. The van der Waals surface area contributed by atoms with Crippen molar-refractivity contribution in [2.24, 2.45) is 0 Å². The Balaban J connectivity index is 2.15. The molecule has 0 fully saturated rings. The summed E-state index contributed by atoms with van der Waals surface area (Å²) in [5.41, 5.74) is 4.75. The summed E-state index contributed by atoms with van der Waals surface area (Å²) >= 11 is 0. The Labute approximate surface area is 121 Å². The molecule has 2 rings (SSSR count). The van der Waals surface area contributed by atoms with Crippen molar-refractivity contribution in [2.75, 3.05) is 6.54 Å². The molecule has 2 aromatic heterocycles. The van der Waals surface area contributed by atoms with Crippen LogP contribution in [0, 0.1) is 6.92 Å². The minimum Gasteiger partial charge on any atom is -0.313 e. The zero-order valence-electron chi connectivity index (χ0n) is 13.0. The van der Waals surface area contributed by atoms with Crippen molar-refractivity contribution in [3.05, 3.63) is 34.9 Å². The maximum atomic E-state index is 4.60. The van der Waals surface area contributed by atoms with Gasteiger partial charge in [-0.2, -0.15) is 10.2 Å². The number of rotatable bonds is 7. The summed E-state index contributed by atoms with van der Waals surface area (Å²) in [6.07, 6.45) is 3.11. The van der Waals surface area contributed by atoms with Gasteiger partial charge in [0.15, 0.2) is 0 Å². The first-order chi connectivity index (χ1) is 9.67. The molecule has 20 heavy (non-hydrogen) atoms. The lowest BCUT2D eigenvalue weighted by atomic mass is 10.2. The van der Waals surface area contributed by atoms with Crippen LogP contribution in [0.5, 0.6) is 0 Å². The van der Waals surface area contributed by atoms with Crippen molar-refractivity contribution in [1.82, 2.24) is 24.9 Å². The molecule has 110 valence electrons. The minimum absolute atomic E-state index is 0.786. The molecule has 2 heterocycles. The van der Waals surface area contributed by atoms with Crippen LogP contribution in [-0.2, 0) is 26.1 Å². The lowest BCUT2D eigenvalue weighted by Gasteiger charge is -2.04. The predicted octanol–water partition coefficient (Wildman–Crippen LogP) is 2.13. The molecule has 0 aliphatic carbocycles. The fourth-order valence-corrected chi connectivity index (χ4v) is 2.33. The molecule has 2 aromatic rings. The van der Waals surface area contributed by atoms with E-state index in [2.05, 4.69) is 60.2 Å². The normalized spacial score (nSPS) is 11.2. The molecular formula is C15H25N5. The molecule has 0 atom stereocenters. The molecule has 0 aromatic carbocycles. The highest BCUT2D eigenvalue weighted by Gasteiger charge is 2.09. The van der Waals surface area contributed by atoms with Gasteiger partial charge in [-0.05, 0) is 32.9 Å². The van der Waals surface area contributed by atoms with Gasteiger partial charge < -0.3 is 5.32 Å². The summed E-state index contributed by atoms with van der Waals surface area (Å²) in [4.78, 5) is 0. The molecule has 1 N–H and O–H groups in total. The average molecular weight is 275 g/mol. The van der Waals surface area contributed by atoms with Crippen LogP contribution in [-0.4, -0.2) is 26.1 Å². The van der Waals surface area contributed by atoms with E-state index in [4.69, 9.17) is 0 Å². The van der Waals surface area contributed by atoms with Crippen molar-refractivity contribution < 1.29 is 0 Å². The summed E-state index contributed by atoms with van der Waals surface area (Å²) < 4.78 is 4.09. The van der Waals surface area contributed by atoms with Crippen molar-refractivity contribution >= 4 is 0 Å². The number of nitrogens with one attached hydrogen (secondary N) is 1. The third kappa shape index (κ3) is 3.28. The standard InChI is InChI=1S/C15H25N5/c1-5-14-8-15(20(7-3)18-14)11-19-10-13(9-16-6-2)12(4)17-19/h8,10,16H,5-7,9,11H2,1-4H3. The van der Waals surface area contributed by atoms with Crippen LogP contribution in [0.4, 0.5) is 0 Å². The van der Waals surface area contributed by atoms with E-state index in [1.807, 2.05) is 4.68 Å². The first-order valence-electron chi connectivity index (χ1n) is 7.47. The Morgan fingerprint density at radius 3 is 2.65 bits per heavy atom. The van der Waals surface area contributed by atoms with Gasteiger partial charge in [-0.3, -0.25) is 9.36 Å². The van der Waals surface area contributed by atoms with Crippen molar-refractivity contribution in [1.29, 1.82) is 0 Å². The molecule has 5 nitrogen and oxygen atoms in total. The van der Waals surface area contributed by atoms with Gasteiger partial charge in [0, 0.05) is 24.8 Å². The highest BCUT2D eigenvalue weighted by molar-refractivity contribution is 5.17. The number of nitrogens with zero attached hydrogens (tertiary/aromatic N) is 4. The van der Waals surface area contributed by atoms with E-state index in [9.17, 15) is 0 Å². The van der Waals surface area contributed by atoms with Crippen LogP contribution in [0.3, 0.4) is 0 Å². The van der Waals surface area contributed by atoms with Crippen LogP contribution in [0.25, 0.3) is 0 Å². The van der Waals surface area contributed by atoms with E-state index in [-0.39, 0.29) is 0 Å². The Kier molecular flexibility index (Phi) is 4.95. The molecule has 5 heteroatoms. The van der Waals surface area contributed by atoms with Crippen LogP contribution in [0.2, 0.25) is 0 Å². The fourth-order valence-electron chi connectivity index (χ4n) is 2.33. The maximum Gasteiger partial charge on any atom is 0.0828 e. The van der Waals surface area contributed by atoms with E-state index >= 15 is 0 Å². The Morgan fingerprint density at radius 1 is 1.20 bits per heavy atom. The second-order valence-electron chi connectivity index (χ2n) is 5.01. The SMILES string of the molecule is CCNCc1cn(Cc2cc(CC)nn2CC)nc1C. The van der Waals surface area contributed by atoms with Gasteiger partial charge in [0.05, 0.1) is 23.6 Å². The summed E-state index contributed by atoms with van der Waals surface area (Å²) in [7, 11) is 0.